The van der Waals surface area contributed by atoms with Crippen LogP contribution in [0, 0.1) is 0 Å². The first-order valence-corrected chi connectivity index (χ1v) is 14.4. The van der Waals surface area contributed by atoms with Gasteiger partial charge in [-0.15, -0.1) is 0 Å². The Morgan fingerprint density at radius 3 is 2.34 bits per heavy atom. The van der Waals surface area contributed by atoms with Crippen LogP contribution in [0.5, 0.6) is 0 Å². The molecule has 8 heteroatoms. The monoisotopic (exact) mass is 587 g/mol. The van der Waals surface area contributed by atoms with Gasteiger partial charge in [-0.1, -0.05) is 90.8 Å². The van der Waals surface area contributed by atoms with E-state index in [0.717, 1.165) is 28.3 Å². The molecular weight excluding hydrogens is 557 g/mol. The van der Waals surface area contributed by atoms with Gasteiger partial charge in [0.15, 0.2) is 0 Å². The number of hydrogen-bond donors (Lipinski definition) is 1. The molecule has 0 fully saturated rings. The quantitative estimate of drug-likeness (QED) is 0.225. The van der Waals surface area contributed by atoms with E-state index in [1.807, 2.05) is 74.5 Å². The third kappa shape index (κ3) is 6.09. The van der Waals surface area contributed by atoms with Gasteiger partial charge in [0.1, 0.15) is 12.6 Å². The van der Waals surface area contributed by atoms with Crippen molar-refractivity contribution in [3.8, 4) is 0 Å². The second-order valence-electron chi connectivity index (χ2n) is 10.4. The lowest BCUT2D eigenvalue weighted by Gasteiger charge is -2.33. The van der Waals surface area contributed by atoms with Crippen LogP contribution in [-0.2, 0) is 22.6 Å². The van der Waals surface area contributed by atoms with Gasteiger partial charge in [0, 0.05) is 30.0 Å². The molecule has 0 saturated heterocycles. The maximum Gasteiger partial charge on any atom is 0.259 e. The normalized spacial score (nSPS) is 13.8. The molecule has 0 spiro atoms. The average Bonchev–Trinajstić information content (AvgIpc) is 3.25. The molecule has 0 unspecified atom stereocenters. The fourth-order valence-corrected chi connectivity index (χ4v) is 5.51. The summed E-state index contributed by atoms with van der Waals surface area (Å²) in [6, 6.07) is 25.1. The van der Waals surface area contributed by atoms with Gasteiger partial charge < -0.3 is 10.2 Å². The summed E-state index contributed by atoms with van der Waals surface area (Å²) in [6.07, 6.45) is 1.05. The van der Waals surface area contributed by atoms with Crippen molar-refractivity contribution < 1.29 is 14.4 Å². The molecule has 1 aliphatic heterocycles. The summed E-state index contributed by atoms with van der Waals surface area (Å²) in [7, 11) is 0. The predicted octanol–water partition coefficient (Wildman–Crippen LogP) is 6.66. The molecule has 4 aromatic rings. The lowest BCUT2D eigenvalue weighted by molar-refractivity contribution is -0.140. The number of carbonyl (C=O) groups excluding carboxylic acids is 3. The van der Waals surface area contributed by atoms with E-state index in [9.17, 15) is 14.4 Å². The number of hydrogen-bond acceptors (Lipinski definition) is 3. The molecule has 0 aliphatic carbocycles. The van der Waals surface area contributed by atoms with E-state index in [2.05, 4.69) is 5.32 Å². The summed E-state index contributed by atoms with van der Waals surface area (Å²) in [5.41, 5.74) is 2.89. The largest absolute Gasteiger partial charge is 0.352 e. The summed E-state index contributed by atoms with van der Waals surface area (Å²) in [5, 5.41) is 5.59. The highest BCUT2D eigenvalue weighted by Crippen LogP contribution is 2.37. The van der Waals surface area contributed by atoms with Gasteiger partial charge in [-0.3, -0.25) is 19.3 Å². The highest BCUT2D eigenvalue weighted by atomic mass is 35.5. The Balaban J connectivity index is 1.52. The molecule has 1 heterocycles. The fraction of sp³-hybridized carbons (Fsp3) is 0.242. The zero-order valence-corrected chi connectivity index (χ0v) is 24.5. The van der Waals surface area contributed by atoms with Crippen molar-refractivity contribution in [3.63, 3.8) is 0 Å². The number of nitrogens with one attached hydrogen (secondary N) is 1. The van der Waals surface area contributed by atoms with E-state index in [4.69, 9.17) is 23.2 Å². The molecule has 0 bridgehead atoms. The van der Waals surface area contributed by atoms with Crippen LogP contribution >= 0.6 is 23.2 Å². The third-order valence-electron chi connectivity index (χ3n) is 7.55. The maximum absolute atomic E-state index is 14.3. The van der Waals surface area contributed by atoms with Crippen LogP contribution in [0.2, 0.25) is 10.0 Å². The van der Waals surface area contributed by atoms with Crippen molar-refractivity contribution in [1.29, 1.82) is 0 Å². The van der Waals surface area contributed by atoms with Crippen molar-refractivity contribution >= 4 is 57.4 Å². The first-order valence-electron chi connectivity index (χ1n) is 13.7. The molecule has 41 heavy (non-hydrogen) atoms. The topological polar surface area (TPSA) is 69.7 Å². The molecule has 5 rings (SSSR count). The average molecular weight is 589 g/mol. The number of nitrogens with zero attached hydrogens (tertiary/aromatic N) is 2. The van der Waals surface area contributed by atoms with Crippen LogP contribution in [-0.4, -0.2) is 41.2 Å². The van der Waals surface area contributed by atoms with Crippen LogP contribution in [0.4, 0.5) is 5.69 Å². The number of carbonyl (C=O) groups is 3. The molecule has 0 aromatic heterocycles. The molecule has 6 nitrogen and oxygen atoms in total. The van der Waals surface area contributed by atoms with Gasteiger partial charge in [0.05, 0.1) is 15.7 Å². The van der Waals surface area contributed by atoms with Crippen molar-refractivity contribution in [2.75, 3.05) is 11.4 Å². The number of anilines is 1. The molecule has 1 aliphatic rings. The molecule has 1 N–H and O–H groups in total. The Hall–Kier alpha value is -3.87. The van der Waals surface area contributed by atoms with Crippen molar-refractivity contribution in [3.05, 3.63) is 112 Å². The SMILES string of the molecule is CC[C@@H](C)NC(=O)[C@H](Cc1ccccc1)N(Cc1ccc(Cl)c(Cl)c1)C(=O)CN1C(=O)c2cccc3cccc1c23. The fourth-order valence-electron chi connectivity index (χ4n) is 5.19. The summed E-state index contributed by atoms with van der Waals surface area (Å²) in [5.74, 6) is -0.840. The number of rotatable bonds is 10. The van der Waals surface area contributed by atoms with Gasteiger partial charge >= 0.3 is 0 Å². The number of halogens is 2. The highest BCUT2D eigenvalue weighted by Gasteiger charge is 2.36. The Labute approximate surface area is 249 Å². The van der Waals surface area contributed by atoms with Crippen LogP contribution in [0.15, 0.2) is 84.9 Å². The molecular formula is C33H31Cl2N3O3. The highest BCUT2D eigenvalue weighted by molar-refractivity contribution is 6.42. The lowest BCUT2D eigenvalue weighted by atomic mass is 10.0. The van der Waals surface area contributed by atoms with Gasteiger partial charge in [-0.25, -0.2) is 0 Å². The predicted molar refractivity (Wildman–Crippen MR) is 164 cm³/mol. The molecule has 4 aromatic carbocycles. The maximum atomic E-state index is 14.3. The van der Waals surface area contributed by atoms with Crippen molar-refractivity contribution in [1.82, 2.24) is 10.2 Å². The third-order valence-corrected chi connectivity index (χ3v) is 8.29. The van der Waals surface area contributed by atoms with E-state index < -0.39 is 6.04 Å². The van der Waals surface area contributed by atoms with Crippen LogP contribution in [0.3, 0.4) is 0 Å². The second-order valence-corrected chi connectivity index (χ2v) is 11.2. The minimum absolute atomic E-state index is 0.0741. The Morgan fingerprint density at radius 1 is 0.902 bits per heavy atom. The molecule has 0 saturated carbocycles. The van der Waals surface area contributed by atoms with Crippen LogP contribution in [0.25, 0.3) is 10.8 Å². The van der Waals surface area contributed by atoms with E-state index in [-0.39, 0.29) is 36.9 Å². The van der Waals surface area contributed by atoms with Crippen molar-refractivity contribution in [2.24, 2.45) is 0 Å². The zero-order valence-electron chi connectivity index (χ0n) is 22.9. The van der Waals surface area contributed by atoms with E-state index in [1.165, 1.54) is 4.90 Å². The lowest BCUT2D eigenvalue weighted by Crippen LogP contribution is -2.54. The molecule has 3 amide bonds. The number of amides is 3. The summed E-state index contributed by atoms with van der Waals surface area (Å²) in [4.78, 5) is 44.6. The molecule has 2 atom stereocenters. The van der Waals surface area contributed by atoms with E-state index in [0.29, 0.717) is 27.7 Å². The van der Waals surface area contributed by atoms with Gasteiger partial charge in [0.2, 0.25) is 11.8 Å². The van der Waals surface area contributed by atoms with E-state index in [1.54, 1.807) is 29.2 Å². The summed E-state index contributed by atoms with van der Waals surface area (Å²) in [6.45, 7) is 3.83. The minimum atomic E-state index is -0.829. The first-order chi connectivity index (χ1) is 19.8. The van der Waals surface area contributed by atoms with Gasteiger partial charge in [-0.05, 0) is 54.1 Å². The Morgan fingerprint density at radius 2 is 1.63 bits per heavy atom. The minimum Gasteiger partial charge on any atom is -0.352 e. The van der Waals surface area contributed by atoms with Crippen molar-refractivity contribution in [2.45, 2.75) is 45.3 Å². The molecule has 0 radical (unpaired) electrons. The zero-order chi connectivity index (χ0) is 29.1. The Bertz CT molecular complexity index is 1600. The van der Waals surface area contributed by atoms with Crippen LogP contribution < -0.4 is 10.2 Å². The number of benzene rings is 4. The van der Waals surface area contributed by atoms with Crippen LogP contribution in [0.1, 0.15) is 41.8 Å². The summed E-state index contributed by atoms with van der Waals surface area (Å²) < 4.78 is 0. The smallest absolute Gasteiger partial charge is 0.259 e. The second kappa shape index (κ2) is 12.3. The van der Waals surface area contributed by atoms with Gasteiger partial charge in [0.25, 0.3) is 5.91 Å². The first kappa shape index (κ1) is 28.7. The standard InChI is InChI=1S/C33H31Cl2N3O3/c1-3-21(2)36-32(40)29(18-22-9-5-4-6-10-22)37(19-23-15-16-26(34)27(35)17-23)30(39)20-38-28-14-8-12-24-11-7-13-25(31(24)28)33(38)41/h4-17,21,29H,3,18-20H2,1-2H3,(H,36,40)/t21-,29+/m1/s1. The molecule has 210 valence electrons. The Kier molecular flexibility index (Phi) is 8.62. The van der Waals surface area contributed by atoms with Gasteiger partial charge in [-0.2, -0.15) is 0 Å². The summed E-state index contributed by atoms with van der Waals surface area (Å²) >= 11 is 12.5. The van der Waals surface area contributed by atoms with E-state index >= 15 is 0 Å².